The molecule has 0 aromatic heterocycles. The van der Waals surface area contributed by atoms with Crippen LogP contribution in [-0.2, 0) is 14.3 Å². The number of rotatable bonds is 12. The van der Waals surface area contributed by atoms with Gasteiger partial charge in [-0.05, 0) is 61.2 Å². The molecule has 1 atom stereocenters. The van der Waals surface area contributed by atoms with E-state index in [9.17, 15) is 14.7 Å². The van der Waals surface area contributed by atoms with Gasteiger partial charge in [0.2, 0.25) is 0 Å². The standard InChI is InChI=1S/C31H38N2O6/c1-4-17-38-24-9-7-23(8-10-24)28-27(29(34)26-12-11-25(21-22(26)3)39-18-5-2)30(35)31(36)33(28)14-6-13-32-15-19-37-20-16-32/h4,7-12,21,28,34H,1,5-6,13-20H2,2-3H3. The highest BCUT2D eigenvalue weighted by Crippen LogP contribution is 2.40. The number of Topliss-reactive ketones (excluding diaryl/α,β-unsaturated/α-hetero) is 1. The SMILES string of the molecule is C=CCOc1ccc(C2C(=C(O)c3ccc(OCCC)cc3C)C(=O)C(=O)N2CCCN2CCOCC2)cc1. The van der Waals surface area contributed by atoms with E-state index in [2.05, 4.69) is 11.5 Å². The van der Waals surface area contributed by atoms with Gasteiger partial charge in [0.1, 0.15) is 23.9 Å². The molecule has 0 radical (unpaired) electrons. The average molecular weight is 535 g/mol. The zero-order valence-corrected chi connectivity index (χ0v) is 22.9. The minimum atomic E-state index is -0.710. The molecule has 2 saturated heterocycles. The summed E-state index contributed by atoms with van der Waals surface area (Å²) in [6, 6.07) is 11.9. The molecule has 2 aromatic rings. The van der Waals surface area contributed by atoms with Crippen molar-refractivity contribution in [1.29, 1.82) is 0 Å². The van der Waals surface area contributed by atoms with Gasteiger partial charge in [-0.3, -0.25) is 14.5 Å². The van der Waals surface area contributed by atoms with Gasteiger partial charge >= 0.3 is 0 Å². The highest BCUT2D eigenvalue weighted by Gasteiger charge is 2.46. The van der Waals surface area contributed by atoms with Crippen molar-refractivity contribution >= 4 is 17.4 Å². The van der Waals surface area contributed by atoms with Crippen molar-refractivity contribution in [2.24, 2.45) is 0 Å². The van der Waals surface area contributed by atoms with E-state index in [-0.39, 0.29) is 11.3 Å². The zero-order chi connectivity index (χ0) is 27.8. The van der Waals surface area contributed by atoms with Crippen LogP contribution >= 0.6 is 0 Å². The molecule has 0 bridgehead atoms. The van der Waals surface area contributed by atoms with Crippen LogP contribution in [0, 0.1) is 6.92 Å². The Labute approximate surface area is 230 Å². The maximum Gasteiger partial charge on any atom is 0.295 e. The Morgan fingerprint density at radius 2 is 1.79 bits per heavy atom. The van der Waals surface area contributed by atoms with Gasteiger partial charge in [-0.1, -0.05) is 31.7 Å². The molecule has 2 heterocycles. The Kier molecular flexibility index (Phi) is 9.79. The molecule has 39 heavy (non-hydrogen) atoms. The number of benzene rings is 2. The number of morpholine rings is 1. The minimum absolute atomic E-state index is 0.0939. The summed E-state index contributed by atoms with van der Waals surface area (Å²) in [5.74, 6) is -0.110. The van der Waals surface area contributed by atoms with Crippen LogP contribution in [0.5, 0.6) is 11.5 Å². The number of ketones is 1. The lowest BCUT2D eigenvalue weighted by molar-refractivity contribution is -0.140. The monoisotopic (exact) mass is 534 g/mol. The van der Waals surface area contributed by atoms with Gasteiger partial charge < -0.3 is 24.2 Å². The molecule has 2 aliphatic rings. The molecule has 1 unspecified atom stereocenters. The number of aryl methyl sites for hydroxylation is 1. The zero-order valence-electron chi connectivity index (χ0n) is 22.9. The van der Waals surface area contributed by atoms with Crippen molar-refractivity contribution in [3.63, 3.8) is 0 Å². The van der Waals surface area contributed by atoms with E-state index in [0.29, 0.717) is 56.5 Å². The minimum Gasteiger partial charge on any atom is -0.507 e. The summed E-state index contributed by atoms with van der Waals surface area (Å²) >= 11 is 0. The van der Waals surface area contributed by atoms with Crippen molar-refractivity contribution in [3.05, 3.63) is 77.4 Å². The number of aliphatic hydroxyl groups is 1. The summed E-state index contributed by atoms with van der Waals surface area (Å²) < 4.78 is 16.8. The van der Waals surface area contributed by atoms with Gasteiger partial charge in [0.15, 0.2) is 0 Å². The molecular weight excluding hydrogens is 496 g/mol. The normalized spacial score (nSPS) is 19.3. The van der Waals surface area contributed by atoms with Crippen molar-refractivity contribution < 1.29 is 28.9 Å². The second-order valence-electron chi connectivity index (χ2n) is 9.79. The number of hydrogen-bond acceptors (Lipinski definition) is 7. The fourth-order valence-electron chi connectivity index (χ4n) is 5.00. The molecule has 8 heteroatoms. The van der Waals surface area contributed by atoms with Gasteiger partial charge in [0, 0.05) is 31.7 Å². The van der Waals surface area contributed by atoms with Gasteiger partial charge in [0.25, 0.3) is 11.7 Å². The first kappa shape index (κ1) is 28.4. The van der Waals surface area contributed by atoms with E-state index >= 15 is 0 Å². The van der Waals surface area contributed by atoms with Crippen molar-refractivity contribution in [2.75, 3.05) is 52.6 Å². The van der Waals surface area contributed by atoms with E-state index in [1.807, 2.05) is 32.0 Å². The predicted octanol–water partition coefficient (Wildman–Crippen LogP) is 4.49. The predicted molar refractivity (Wildman–Crippen MR) is 150 cm³/mol. The highest BCUT2D eigenvalue weighted by molar-refractivity contribution is 6.46. The Morgan fingerprint density at radius 3 is 2.46 bits per heavy atom. The third-order valence-electron chi connectivity index (χ3n) is 7.01. The van der Waals surface area contributed by atoms with E-state index in [0.717, 1.165) is 37.2 Å². The molecule has 4 rings (SSSR count). The molecule has 2 fully saturated rings. The summed E-state index contributed by atoms with van der Waals surface area (Å²) in [7, 11) is 0. The summed E-state index contributed by atoms with van der Waals surface area (Å²) in [5, 5.41) is 11.5. The third kappa shape index (κ3) is 6.69. The quantitative estimate of drug-likeness (QED) is 0.186. The first-order valence-corrected chi connectivity index (χ1v) is 13.6. The number of nitrogens with zero attached hydrogens (tertiary/aromatic N) is 2. The number of likely N-dealkylation sites (tertiary alicyclic amines) is 1. The Balaban J connectivity index is 1.67. The Bertz CT molecular complexity index is 1200. The number of aliphatic hydroxyl groups excluding tert-OH is 1. The van der Waals surface area contributed by atoms with Crippen LogP contribution in [0.2, 0.25) is 0 Å². The largest absolute Gasteiger partial charge is 0.507 e. The Morgan fingerprint density at radius 1 is 1.08 bits per heavy atom. The van der Waals surface area contributed by atoms with Crippen molar-refractivity contribution in [1.82, 2.24) is 9.80 Å². The summed E-state index contributed by atoms with van der Waals surface area (Å²) in [6.45, 7) is 12.8. The van der Waals surface area contributed by atoms with Crippen LogP contribution in [0.25, 0.3) is 5.76 Å². The van der Waals surface area contributed by atoms with Crippen LogP contribution in [0.15, 0.2) is 60.7 Å². The second-order valence-corrected chi connectivity index (χ2v) is 9.79. The van der Waals surface area contributed by atoms with Crippen LogP contribution in [0.1, 0.15) is 42.5 Å². The molecule has 2 aromatic carbocycles. The van der Waals surface area contributed by atoms with Gasteiger partial charge in [-0.2, -0.15) is 0 Å². The lowest BCUT2D eigenvalue weighted by Crippen LogP contribution is -2.38. The summed E-state index contributed by atoms with van der Waals surface area (Å²) in [4.78, 5) is 30.6. The molecule has 2 aliphatic heterocycles. The number of hydrogen-bond donors (Lipinski definition) is 1. The highest BCUT2D eigenvalue weighted by atomic mass is 16.5. The van der Waals surface area contributed by atoms with Crippen LogP contribution in [0.3, 0.4) is 0 Å². The van der Waals surface area contributed by atoms with Crippen LogP contribution in [-0.4, -0.2) is 79.2 Å². The fraction of sp³-hybridized carbons (Fsp3) is 0.419. The maximum atomic E-state index is 13.4. The second kappa shape index (κ2) is 13.4. The fourth-order valence-corrected chi connectivity index (χ4v) is 5.00. The van der Waals surface area contributed by atoms with Gasteiger partial charge in [-0.25, -0.2) is 0 Å². The maximum absolute atomic E-state index is 13.4. The molecular formula is C31H38N2O6. The summed E-state index contributed by atoms with van der Waals surface area (Å²) in [5.41, 5.74) is 2.08. The molecule has 0 aliphatic carbocycles. The molecule has 208 valence electrons. The van der Waals surface area contributed by atoms with E-state index in [4.69, 9.17) is 14.2 Å². The van der Waals surface area contributed by atoms with Crippen LogP contribution < -0.4 is 9.47 Å². The van der Waals surface area contributed by atoms with Crippen molar-refractivity contribution in [2.45, 2.75) is 32.7 Å². The molecule has 0 saturated carbocycles. The lowest BCUT2D eigenvalue weighted by atomic mass is 9.93. The smallest absolute Gasteiger partial charge is 0.295 e. The molecule has 1 amide bonds. The number of carbonyl (C=O) groups is 2. The molecule has 1 N–H and O–H groups in total. The first-order valence-electron chi connectivity index (χ1n) is 13.6. The topological polar surface area (TPSA) is 88.5 Å². The molecule has 0 spiro atoms. The number of amides is 1. The molecule has 8 nitrogen and oxygen atoms in total. The third-order valence-corrected chi connectivity index (χ3v) is 7.01. The van der Waals surface area contributed by atoms with E-state index in [1.54, 1.807) is 35.2 Å². The summed E-state index contributed by atoms with van der Waals surface area (Å²) in [6.07, 6.45) is 3.25. The first-order chi connectivity index (χ1) is 18.9. The van der Waals surface area contributed by atoms with E-state index < -0.39 is 17.7 Å². The van der Waals surface area contributed by atoms with Crippen molar-refractivity contribution in [3.8, 4) is 11.5 Å². The Hall–Kier alpha value is -3.62. The van der Waals surface area contributed by atoms with Gasteiger partial charge in [0.05, 0.1) is 31.4 Å². The number of carbonyl (C=O) groups excluding carboxylic acids is 2. The lowest BCUT2D eigenvalue weighted by Gasteiger charge is -2.29. The number of ether oxygens (including phenoxy) is 3. The average Bonchev–Trinajstić information content (AvgIpc) is 3.20. The van der Waals surface area contributed by atoms with E-state index in [1.165, 1.54) is 0 Å². The van der Waals surface area contributed by atoms with Gasteiger partial charge in [-0.15, -0.1) is 0 Å². The van der Waals surface area contributed by atoms with Crippen LogP contribution in [0.4, 0.5) is 0 Å².